The Morgan fingerprint density at radius 3 is 2.44 bits per heavy atom. The summed E-state index contributed by atoms with van der Waals surface area (Å²) in [6, 6.07) is 0.0320. The van der Waals surface area contributed by atoms with Crippen molar-refractivity contribution < 1.29 is 19.2 Å². The Balaban J connectivity index is 1.41. The second-order valence-electron chi connectivity index (χ2n) is 9.82. The summed E-state index contributed by atoms with van der Waals surface area (Å²) in [7, 11) is 0. The van der Waals surface area contributed by atoms with Gasteiger partial charge in [0.1, 0.15) is 6.33 Å². The Kier molecular flexibility index (Phi) is 7.43. The van der Waals surface area contributed by atoms with E-state index < -0.39 is 5.41 Å². The highest BCUT2D eigenvalue weighted by Gasteiger charge is 2.42. The lowest BCUT2D eigenvalue weighted by molar-refractivity contribution is -0.137. The normalized spacial score (nSPS) is 25.9. The molecule has 3 aliphatic rings. The van der Waals surface area contributed by atoms with Crippen LogP contribution < -0.4 is 10.6 Å². The summed E-state index contributed by atoms with van der Waals surface area (Å²) < 4.78 is 0. The summed E-state index contributed by atoms with van der Waals surface area (Å²) in [6.07, 6.45) is 9.72. The van der Waals surface area contributed by atoms with Gasteiger partial charge in [-0.05, 0) is 38.0 Å². The molecule has 10 heteroatoms. The maximum atomic E-state index is 13.2. The van der Waals surface area contributed by atoms with Crippen LogP contribution in [0.1, 0.15) is 62.2 Å². The van der Waals surface area contributed by atoms with Crippen LogP contribution in [0.4, 0.5) is 0 Å². The maximum absolute atomic E-state index is 13.2. The first-order chi connectivity index (χ1) is 16.4. The van der Waals surface area contributed by atoms with Crippen molar-refractivity contribution in [2.45, 2.75) is 57.9 Å². The molecule has 3 fully saturated rings. The third-order valence-electron chi connectivity index (χ3n) is 7.71. The van der Waals surface area contributed by atoms with Crippen LogP contribution in [-0.2, 0) is 14.4 Å². The van der Waals surface area contributed by atoms with Gasteiger partial charge in [-0.1, -0.05) is 12.8 Å². The standard InChI is InChI=1S/C24H34N6O4/c1-17(31)30-9-5-20-18(15-30)4-2-3-6-24(23(34)27-14-21(32)28-20)7-10-29(11-8-24)22(33)19-12-25-16-26-13-19/h12-13,16,18,20H,2-11,14-15H2,1H3,(H,27,34)(H,28,32)/t18-,20+/m0/s1. The van der Waals surface area contributed by atoms with Crippen LogP contribution in [0.3, 0.4) is 0 Å². The molecule has 3 saturated heterocycles. The highest BCUT2D eigenvalue weighted by molar-refractivity contribution is 5.94. The molecule has 0 aliphatic carbocycles. The van der Waals surface area contributed by atoms with Gasteiger partial charge in [0.2, 0.25) is 17.7 Å². The predicted octanol–water partition coefficient (Wildman–Crippen LogP) is 0.742. The predicted molar refractivity (Wildman–Crippen MR) is 123 cm³/mol. The molecule has 0 aromatic carbocycles. The zero-order valence-corrected chi connectivity index (χ0v) is 19.8. The Morgan fingerprint density at radius 1 is 1.00 bits per heavy atom. The number of nitrogens with zero attached hydrogens (tertiary/aromatic N) is 4. The van der Waals surface area contributed by atoms with Crippen molar-refractivity contribution in [3.8, 4) is 0 Å². The molecule has 10 nitrogen and oxygen atoms in total. The van der Waals surface area contributed by atoms with Gasteiger partial charge in [-0.3, -0.25) is 19.2 Å². The molecule has 3 aliphatic heterocycles. The fraction of sp³-hybridized carbons (Fsp3) is 0.667. The smallest absolute Gasteiger partial charge is 0.256 e. The number of fused-ring (bicyclic) bond motifs is 1. The molecule has 4 rings (SSSR count). The van der Waals surface area contributed by atoms with Crippen molar-refractivity contribution in [3.05, 3.63) is 24.3 Å². The molecule has 0 saturated carbocycles. The lowest BCUT2D eigenvalue weighted by Crippen LogP contribution is -2.55. The van der Waals surface area contributed by atoms with Crippen LogP contribution in [0.15, 0.2) is 18.7 Å². The van der Waals surface area contributed by atoms with E-state index in [1.54, 1.807) is 11.8 Å². The Labute approximate surface area is 199 Å². The zero-order valence-electron chi connectivity index (χ0n) is 19.8. The fourth-order valence-corrected chi connectivity index (χ4v) is 5.60. The van der Waals surface area contributed by atoms with E-state index in [1.165, 1.54) is 18.7 Å². The van der Waals surface area contributed by atoms with E-state index in [2.05, 4.69) is 20.6 Å². The Hall–Kier alpha value is -3.04. The molecule has 2 N–H and O–H groups in total. The van der Waals surface area contributed by atoms with Gasteiger partial charge in [0.15, 0.2) is 0 Å². The van der Waals surface area contributed by atoms with Crippen molar-refractivity contribution in [2.75, 3.05) is 32.7 Å². The number of carbonyl (C=O) groups excluding carboxylic acids is 4. The molecule has 1 spiro atoms. The van der Waals surface area contributed by atoms with E-state index in [4.69, 9.17) is 0 Å². The van der Waals surface area contributed by atoms with Crippen molar-refractivity contribution in [3.63, 3.8) is 0 Å². The second-order valence-corrected chi connectivity index (χ2v) is 9.82. The number of hydrogen-bond donors (Lipinski definition) is 2. The van der Waals surface area contributed by atoms with E-state index in [1.807, 2.05) is 4.90 Å². The average Bonchev–Trinajstić information content (AvgIpc) is 2.85. The van der Waals surface area contributed by atoms with E-state index >= 15 is 0 Å². The van der Waals surface area contributed by atoms with Crippen molar-refractivity contribution in [1.29, 1.82) is 0 Å². The number of carbonyl (C=O) groups is 4. The topological polar surface area (TPSA) is 125 Å². The molecule has 0 unspecified atom stereocenters. The SMILES string of the molecule is CC(=O)N1CC[C@H]2NC(=O)CNC(=O)C3(CCCC[C@H]2C1)CCN(C(=O)c1cncnc1)CC3. The third kappa shape index (κ3) is 5.37. The largest absolute Gasteiger partial charge is 0.351 e. The Bertz CT molecular complexity index is 915. The number of aromatic nitrogens is 2. The number of rotatable bonds is 1. The fourth-order valence-electron chi connectivity index (χ4n) is 5.60. The van der Waals surface area contributed by atoms with Crippen molar-refractivity contribution in [1.82, 2.24) is 30.4 Å². The van der Waals surface area contributed by atoms with Gasteiger partial charge >= 0.3 is 0 Å². The first kappa shape index (κ1) is 24.1. The molecular weight excluding hydrogens is 436 g/mol. The lowest BCUT2D eigenvalue weighted by atomic mass is 9.73. The lowest BCUT2D eigenvalue weighted by Gasteiger charge is -2.42. The number of piperidine rings is 2. The quantitative estimate of drug-likeness (QED) is 0.624. The zero-order chi connectivity index (χ0) is 24.1. The van der Waals surface area contributed by atoms with E-state index in [0.29, 0.717) is 44.6 Å². The van der Waals surface area contributed by atoms with Gasteiger partial charge in [0.05, 0.1) is 17.5 Å². The minimum absolute atomic E-state index is 0.0320. The minimum Gasteiger partial charge on any atom is -0.351 e. The van der Waals surface area contributed by atoms with Crippen LogP contribution in [0.25, 0.3) is 0 Å². The van der Waals surface area contributed by atoms with E-state index in [9.17, 15) is 19.2 Å². The van der Waals surface area contributed by atoms with Gasteiger partial charge in [0, 0.05) is 51.5 Å². The van der Waals surface area contributed by atoms with Crippen molar-refractivity contribution in [2.24, 2.45) is 11.3 Å². The van der Waals surface area contributed by atoms with Crippen LogP contribution in [0.2, 0.25) is 0 Å². The molecular formula is C24H34N6O4. The van der Waals surface area contributed by atoms with Gasteiger partial charge in [-0.2, -0.15) is 0 Å². The summed E-state index contributed by atoms with van der Waals surface area (Å²) in [4.78, 5) is 62.0. The summed E-state index contributed by atoms with van der Waals surface area (Å²) >= 11 is 0. The van der Waals surface area contributed by atoms with E-state index in [-0.39, 0.29) is 42.1 Å². The molecule has 184 valence electrons. The summed E-state index contributed by atoms with van der Waals surface area (Å²) in [6.45, 7) is 3.81. The van der Waals surface area contributed by atoms with Crippen molar-refractivity contribution >= 4 is 23.6 Å². The van der Waals surface area contributed by atoms with Crippen LogP contribution >= 0.6 is 0 Å². The molecule has 0 bridgehead atoms. The maximum Gasteiger partial charge on any atom is 0.256 e. The molecule has 2 atom stereocenters. The highest BCUT2D eigenvalue weighted by Crippen LogP contribution is 2.38. The monoisotopic (exact) mass is 470 g/mol. The number of likely N-dealkylation sites (tertiary alicyclic amines) is 2. The molecule has 4 amide bonds. The van der Waals surface area contributed by atoms with Gasteiger partial charge in [-0.15, -0.1) is 0 Å². The summed E-state index contributed by atoms with van der Waals surface area (Å²) in [5, 5.41) is 5.96. The molecule has 1 aromatic rings. The van der Waals surface area contributed by atoms with E-state index in [0.717, 1.165) is 32.1 Å². The summed E-state index contributed by atoms with van der Waals surface area (Å²) in [5.41, 5.74) is -0.138. The first-order valence-corrected chi connectivity index (χ1v) is 12.3. The molecule has 4 heterocycles. The summed E-state index contributed by atoms with van der Waals surface area (Å²) in [5.74, 6) is -0.110. The van der Waals surface area contributed by atoms with Crippen LogP contribution in [-0.4, -0.2) is 82.2 Å². The second kappa shape index (κ2) is 10.5. The molecule has 0 radical (unpaired) electrons. The average molecular weight is 471 g/mol. The highest BCUT2D eigenvalue weighted by atomic mass is 16.2. The van der Waals surface area contributed by atoms with Gasteiger partial charge in [-0.25, -0.2) is 9.97 Å². The number of hydrogen-bond acceptors (Lipinski definition) is 6. The number of amides is 4. The minimum atomic E-state index is -0.583. The first-order valence-electron chi connectivity index (χ1n) is 12.3. The van der Waals surface area contributed by atoms with Crippen LogP contribution in [0.5, 0.6) is 0 Å². The molecule has 34 heavy (non-hydrogen) atoms. The number of nitrogens with one attached hydrogen (secondary N) is 2. The van der Waals surface area contributed by atoms with Crippen LogP contribution in [0, 0.1) is 11.3 Å². The van der Waals surface area contributed by atoms with Gasteiger partial charge in [0.25, 0.3) is 5.91 Å². The van der Waals surface area contributed by atoms with Gasteiger partial charge < -0.3 is 20.4 Å². The Morgan fingerprint density at radius 2 is 1.74 bits per heavy atom. The third-order valence-corrected chi connectivity index (χ3v) is 7.71. The molecule has 1 aromatic heterocycles.